The zero-order valence-electron chi connectivity index (χ0n) is 19.7. The van der Waals surface area contributed by atoms with Gasteiger partial charge >= 0.3 is 11.6 Å². The van der Waals surface area contributed by atoms with Gasteiger partial charge in [0.1, 0.15) is 11.3 Å². The molecule has 1 amide bonds. The number of ether oxygens (including phenoxy) is 3. The van der Waals surface area contributed by atoms with Crippen molar-refractivity contribution >= 4 is 22.8 Å². The second-order valence-corrected chi connectivity index (χ2v) is 8.55. The number of hydrogen-bond acceptors (Lipinski definition) is 7. The Morgan fingerprint density at radius 1 is 1.06 bits per heavy atom. The van der Waals surface area contributed by atoms with Crippen LogP contribution in [0.25, 0.3) is 22.1 Å². The first-order chi connectivity index (χ1) is 17.4. The first kappa shape index (κ1) is 23.2. The van der Waals surface area contributed by atoms with Crippen molar-refractivity contribution in [3.63, 3.8) is 0 Å². The molecule has 1 aromatic heterocycles. The Balaban J connectivity index is 1.73. The zero-order valence-corrected chi connectivity index (χ0v) is 19.7. The van der Waals surface area contributed by atoms with Crippen molar-refractivity contribution in [1.29, 1.82) is 0 Å². The topological polar surface area (TPSA) is 118 Å². The van der Waals surface area contributed by atoms with Crippen LogP contribution in [0.4, 0.5) is 0 Å². The third-order valence-corrected chi connectivity index (χ3v) is 6.21. The van der Waals surface area contributed by atoms with Crippen LogP contribution in [0.2, 0.25) is 0 Å². The molecule has 0 bridgehead atoms. The highest BCUT2D eigenvalue weighted by Crippen LogP contribution is 2.48. The van der Waals surface area contributed by atoms with Gasteiger partial charge in [0.15, 0.2) is 18.1 Å². The predicted molar refractivity (Wildman–Crippen MR) is 132 cm³/mol. The Morgan fingerprint density at radius 2 is 1.83 bits per heavy atom. The second-order valence-electron chi connectivity index (χ2n) is 8.55. The maximum absolute atomic E-state index is 12.9. The molecule has 4 aromatic rings. The van der Waals surface area contributed by atoms with Gasteiger partial charge in [0, 0.05) is 23.1 Å². The van der Waals surface area contributed by atoms with Gasteiger partial charge in [0.25, 0.3) is 5.91 Å². The monoisotopic (exact) mass is 485 g/mol. The standard InChI is InChI=1S/C28H23NO7/c1-15-10-22-27(18(12-24(31)35-22)16-6-4-3-5-7-16)28-26(15)19(13-25(32)36-28)17-8-9-20(33-2)21(11-17)34-14-23(29)30/h3-12,19H,13-14H2,1-2H3,(H2,29,30)/t19-/m1/s1. The zero-order chi connectivity index (χ0) is 25.4. The lowest BCUT2D eigenvalue weighted by atomic mass is 9.82. The summed E-state index contributed by atoms with van der Waals surface area (Å²) in [4.78, 5) is 36.5. The number of hydrogen-bond donors (Lipinski definition) is 1. The molecule has 0 spiro atoms. The van der Waals surface area contributed by atoms with Crippen molar-refractivity contribution in [1.82, 2.24) is 0 Å². The summed E-state index contributed by atoms with van der Waals surface area (Å²) in [5, 5.41) is 0.554. The molecule has 8 heteroatoms. The number of fused-ring (bicyclic) bond motifs is 3. The van der Waals surface area contributed by atoms with Gasteiger partial charge in [-0.25, -0.2) is 4.79 Å². The Morgan fingerprint density at radius 3 is 2.56 bits per heavy atom. The van der Waals surface area contributed by atoms with Crippen LogP contribution in [0, 0.1) is 6.92 Å². The molecule has 2 N–H and O–H groups in total. The van der Waals surface area contributed by atoms with Crippen LogP contribution >= 0.6 is 0 Å². The van der Waals surface area contributed by atoms with E-state index in [4.69, 9.17) is 24.4 Å². The highest BCUT2D eigenvalue weighted by Gasteiger charge is 2.33. The van der Waals surface area contributed by atoms with E-state index in [1.165, 1.54) is 13.2 Å². The Hall–Kier alpha value is -4.59. The van der Waals surface area contributed by atoms with Crippen LogP contribution in [0.15, 0.2) is 69.9 Å². The number of benzene rings is 3. The molecule has 0 radical (unpaired) electrons. The fraction of sp³-hybridized carbons (Fsp3) is 0.179. The van der Waals surface area contributed by atoms with Gasteiger partial charge in [-0.05, 0) is 41.8 Å². The maximum Gasteiger partial charge on any atom is 0.336 e. The average molecular weight is 485 g/mol. The molecule has 1 aliphatic rings. The molecule has 0 aliphatic carbocycles. The van der Waals surface area contributed by atoms with E-state index in [-0.39, 0.29) is 18.9 Å². The van der Waals surface area contributed by atoms with Gasteiger partial charge in [-0.2, -0.15) is 0 Å². The van der Waals surface area contributed by atoms with Crippen molar-refractivity contribution in [2.45, 2.75) is 19.3 Å². The molecule has 2 heterocycles. The second kappa shape index (κ2) is 9.22. The molecule has 1 aliphatic heterocycles. The van der Waals surface area contributed by atoms with Crippen LogP contribution in [0.1, 0.15) is 29.0 Å². The van der Waals surface area contributed by atoms with Gasteiger partial charge in [-0.1, -0.05) is 36.4 Å². The maximum atomic E-state index is 12.9. The van der Waals surface area contributed by atoms with E-state index >= 15 is 0 Å². The molecule has 0 unspecified atom stereocenters. The molecule has 5 rings (SSSR count). The van der Waals surface area contributed by atoms with Gasteiger partial charge in [0.05, 0.1) is 18.9 Å². The molecule has 8 nitrogen and oxygen atoms in total. The summed E-state index contributed by atoms with van der Waals surface area (Å²) in [7, 11) is 1.49. The fourth-order valence-corrected chi connectivity index (χ4v) is 4.70. The number of primary amides is 1. The smallest absolute Gasteiger partial charge is 0.336 e. The Bertz CT molecular complexity index is 1560. The predicted octanol–water partition coefficient (Wildman–Crippen LogP) is 4.08. The van der Waals surface area contributed by atoms with Crippen LogP contribution < -0.4 is 25.6 Å². The number of nitrogens with two attached hydrogens (primary N) is 1. The minimum absolute atomic E-state index is 0.0956. The third kappa shape index (κ3) is 4.17. The van der Waals surface area contributed by atoms with Crippen LogP contribution in [-0.4, -0.2) is 25.6 Å². The van der Waals surface area contributed by atoms with E-state index in [0.717, 1.165) is 22.3 Å². The number of amides is 1. The largest absolute Gasteiger partial charge is 0.493 e. The lowest BCUT2D eigenvalue weighted by molar-refractivity contribution is -0.135. The lowest BCUT2D eigenvalue weighted by Gasteiger charge is -2.28. The molecular formula is C28H23NO7. The highest BCUT2D eigenvalue weighted by molar-refractivity contribution is 6.01. The third-order valence-electron chi connectivity index (χ3n) is 6.21. The van der Waals surface area contributed by atoms with E-state index in [1.54, 1.807) is 18.2 Å². The first-order valence-corrected chi connectivity index (χ1v) is 11.3. The van der Waals surface area contributed by atoms with Gasteiger partial charge in [-0.15, -0.1) is 0 Å². The van der Waals surface area contributed by atoms with Crippen LogP contribution in [0.5, 0.6) is 17.2 Å². The molecular weight excluding hydrogens is 462 g/mol. The summed E-state index contributed by atoms with van der Waals surface area (Å²) in [5.74, 6) is -0.274. The van der Waals surface area contributed by atoms with Gasteiger partial charge in [-0.3, -0.25) is 9.59 Å². The molecule has 1 atom stereocenters. The summed E-state index contributed by atoms with van der Waals surface area (Å²) in [6.45, 7) is 1.57. The summed E-state index contributed by atoms with van der Waals surface area (Å²) >= 11 is 0. The van der Waals surface area contributed by atoms with Crippen molar-refractivity contribution in [2.24, 2.45) is 5.73 Å². The van der Waals surface area contributed by atoms with E-state index in [1.807, 2.05) is 43.3 Å². The summed E-state index contributed by atoms with van der Waals surface area (Å²) in [6.07, 6.45) is 0.0956. The normalized spacial score (nSPS) is 14.7. The molecule has 0 saturated heterocycles. The molecule has 3 aromatic carbocycles. The fourth-order valence-electron chi connectivity index (χ4n) is 4.70. The Kier molecular flexibility index (Phi) is 5.93. The Labute approximate surface area is 206 Å². The number of methoxy groups -OCH3 is 1. The van der Waals surface area contributed by atoms with Crippen molar-refractivity contribution in [2.75, 3.05) is 13.7 Å². The minimum Gasteiger partial charge on any atom is -0.493 e. The van der Waals surface area contributed by atoms with E-state index < -0.39 is 17.5 Å². The number of aryl methyl sites for hydroxylation is 1. The van der Waals surface area contributed by atoms with E-state index in [9.17, 15) is 14.4 Å². The van der Waals surface area contributed by atoms with Gasteiger partial charge < -0.3 is 24.4 Å². The number of esters is 1. The summed E-state index contributed by atoms with van der Waals surface area (Å²) in [5.41, 5.74) is 8.88. The minimum atomic E-state index is -0.619. The number of carbonyl (C=O) groups is 2. The van der Waals surface area contributed by atoms with E-state index in [2.05, 4.69) is 0 Å². The first-order valence-electron chi connectivity index (χ1n) is 11.3. The van der Waals surface area contributed by atoms with Crippen LogP contribution in [-0.2, 0) is 9.59 Å². The van der Waals surface area contributed by atoms with Gasteiger partial charge in [0.2, 0.25) is 0 Å². The highest BCUT2D eigenvalue weighted by atomic mass is 16.5. The summed E-state index contributed by atoms with van der Waals surface area (Å²) in [6, 6.07) is 17.9. The van der Waals surface area contributed by atoms with Crippen molar-refractivity contribution in [3.05, 3.63) is 87.8 Å². The van der Waals surface area contributed by atoms with Crippen LogP contribution in [0.3, 0.4) is 0 Å². The van der Waals surface area contributed by atoms with Crippen molar-refractivity contribution < 1.29 is 28.2 Å². The molecule has 0 fully saturated rings. The number of carbonyl (C=O) groups excluding carboxylic acids is 2. The molecule has 182 valence electrons. The van der Waals surface area contributed by atoms with E-state index in [0.29, 0.717) is 33.8 Å². The summed E-state index contributed by atoms with van der Waals surface area (Å²) < 4.78 is 22.3. The molecule has 0 saturated carbocycles. The molecule has 36 heavy (non-hydrogen) atoms. The lowest BCUT2D eigenvalue weighted by Crippen LogP contribution is -2.23. The quantitative estimate of drug-likeness (QED) is 0.248. The average Bonchev–Trinajstić information content (AvgIpc) is 2.86. The number of rotatable bonds is 6. The van der Waals surface area contributed by atoms with Crippen molar-refractivity contribution in [3.8, 4) is 28.4 Å². The SMILES string of the molecule is COc1ccc([C@H]2CC(=O)Oc3c2c(C)cc2oc(=O)cc(-c4ccccc4)c32)cc1OCC(N)=O.